The Morgan fingerprint density at radius 3 is 3.00 bits per heavy atom. The number of aromatic nitrogens is 4. The van der Waals surface area contributed by atoms with Crippen LogP contribution < -0.4 is 5.73 Å². The third-order valence-electron chi connectivity index (χ3n) is 1.58. The van der Waals surface area contributed by atoms with Gasteiger partial charge in [-0.05, 0) is 6.92 Å². The zero-order valence-electron chi connectivity index (χ0n) is 7.34. The van der Waals surface area contributed by atoms with Crippen molar-refractivity contribution in [2.75, 3.05) is 0 Å². The molecule has 14 heavy (non-hydrogen) atoms. The molecule has 0 aromatic carbocycles. The highest BCUT2D eigenvalue weighted by Crippen LogP contribution is 2.12. The third-order valence-corrected chi connectivity index (χ3v) is 2.57. The summed E-state index contributed by atoms with van der Waals surface area (Å²) >= 11 is 6.15. The van der Waals surface area contributed by atoms with Crippen molar-refractivity contribution in [2.24, 2.45) is 5.73 Å². The second-order valence-electron chi connectivity index (χ2n) is 2.61. The van der Waals surface area contributed by atoms with Crippen LogP contribution in [0.2, 0.25) is 0 Å². The van der Waals surface area contributed by atoms with Crippen LogP contribution in [0.15, 0.2) is 12.4 Å². The van der Waals surface area contributed by atoms with Gasteiger partial charge in [0.25, 0.3) is 0 Å². The Kier molecular flexibility index (Phi) is 2.26. The van der Waals surface area contributed by atoms with Crippen LogP contribution in [0.5, 0.6) is 0 Å². The van der Waals surface area contributed by atoms with E-state index in [4.69, 9.17) is 18.0 Å². The van der Waals surface area contributed by atoms with Gasteiger partial charge in [0.1, 0.15) is 10.8 Å². The van der Waals surface area contributed by atoms with Crippen LogP contribution >= 0.6 is 23.8 Å². The second-order valence-corrected chi connectivity index (χ2v) is 3.78. The second kappa shape index (κ2) is 3.43. The van der Waals surface area contributed by atoms with E-state index in [0.29, 0.717) is 5.82 Å². The summed E-state index contributed by atoms with van der Waals surface area (Å²) in [5.74, 6) is 1.27. The Morgan fingerprint density at radius 2 is 2.43 bits per heavy atom. The number of imidazole rings is 1. The van der Waals surface area contributed by atoms with Gasteiger partial charge >= 0.3 is 0 Å². The van der Waals surface area contributed by atoms with Gasteiger partial charge in [-0.1, -0.05) is 12.2 Å². The van der Waals surface area contributed by atoms with Crippen molar-refractivity contribution in [1.29, 1.82) is 0 Å². The number of rotatable bonds is 2. The van der Waals surface area contributed by atoms with Crippen LogP contribution in [0.1, 0.15) is 11.6 Å². The van der Waals surface area contributed by atoms with Gasteiger partial charge in [0.05, 0.1) is 0 Å². The molecule has 2 aromatic heterocycles. The van der Waals surface area contributed by atoms with Gasteiger partial charge in [-0.15, -0.1) is 0 Å². The molecule has 0 saturated heterocycles. The van der Waals surface area contributed by atoms with Crippen molar-refractivity contribution >= 4 is 28.7 Å². The van der Waals surface area contributed by atoms with E-state index in [2.05, 4.69) is 14.3 Å². The van der Waals surface area contributed by atoms with Crippen LogP contribution in [0.25, 0.3) is 5.13 Å². The van der Waals surface area contributed by atoms with Crippen LogP contribution in [0.4, 0.5) is 0 Å². The molecule has 0 amide bonds. The highest BCUT2D eigenvalue weighted by Gasteiger charge is 2.10. The predicted molar refractivity (Wildman–Crippen MR) is 57.7 cm³/mol. The average molecular weight is 225 g/mol. The van der Waals surface area contributed by atoms with Crippen molar-refractivity contribution in [3.05, 3.63) is 24.0 Å². The Hall–Kier alpha value is -1.34. The molecule has 0 atom stereocenters. The maximum atomic E-state index is 5.51. The maximum Gasteiger partial charge on any atom is 0.215 e. The molecular formula is C7H7N5S2. The van der Waals surface area contributed by atoms with Crippen LogP contribution in [-0.4, -0.2) is 23.9 Å². The summed E-state index contributed by atoms with van der Waals surface area (Å²) in [6, 6.07) is 0. The minimum absolute atomic E-state index is 0.253. The minimum atomic E-state index is 0.253. The zero-order chi connectivity index (χ0) is 10.1. The summed E-state index contributed by atoms with van der Waals surface area (Å²) in [5, 5.41) is 0.725. The standard InChI is InChI=1S/C7H7N5S2/c1-4-10-7(14-11-4)12-3-2-9-6(12)5(8)13/h2-3H,1H3,(H2,8,13). The Balaban J connectivity index is 2.51. The number of hydrogen-bond donors (Lipinski definition) is 1. The first kappa shape index (κ1) is 9.22. The highest BCUT2D eigenvalue weighted by molar-refractivity contribution is 7.80. The van der Waals surface area contributed by atoms with Crippen molar-refractivity contribution in [3.63, 3.8) is 0 Å². The molecule has 5 nitrogen and oxygen atoms in total. The molecule has 0 unspecified atom stereocenters. The molecule has 0 saturated carbocycles. The van der Waals surface area contributed by atoms with Gasteiger partial charge in [0.2, 0.25) is 5.13 Å². The van der Waals surface area contributed by atoms with Crippen molar-refractivity contribution < 1.29 is 0 Å². The van der Waals surface area contributed by atoms with E-state index in [1.165, 1.54) is 11.5 Å². The summed E-state index contributed by atoms with van der Waals surface area (Å²) in [7, 11) is 0. The normalized spacial score (nSPS) is 10.4. The van der Waals surface area contributed by atoms with Gasteiger partial charge in [-0.2, -0.15) is 4.37 Å². The van der Waals surface area contributed by atoms with Crippen LogP contribution in [-0.2, 0) is 0 Å². The number of aryl methyl sites for hydroxylation is 1. The van der Waals surface area contributed by atoms with Gasteiger partial charge in [-0.25, -0.2) is 9.97 Å². The molecular weight excluding hydrogens is 218 g/mol. The van der Waals surface area contributed by atoms with Gasteiger partial charge in [0, 0.05) is 23.9 Å². The average Bonchev–Trinajstić information content (AvgIpc) is 2.70. The van der Waals surface area contributed by atoms with Crippen molar-refractivity contribution in [3.8, 4) is 5.13 Å². The van der Waals surface area contributed by atoms with E-state index >= 15 is 0 Å². The van der Waals surface area contributed by atoms with Crippen molar-refractivity contribution in [2.45, 2.75) is 6.92 Å². The Labute approximate surface area is 89.8 Å². The first-order valence-corrected chi connectivity index (χ1v) is 5.00. The molecule has 2 heterocycles. The van der Waals surface area contributed by atoms with Crippen LogP contribution in [0, 0.1) is 6.92 Å². The van der Waals surface area contributed by atoms with Crippen LogP contribution in [0.3, 0.4) is 0 Å². The lowest BCUT2D eigenvalue weighted by atomic mass is 10.6. The summed E-state index contributed by atoms with van der Waals surface area (Å²) in [4.78, 5) is 8.50. The fourth-order valence-electron chi connectivity index (χ4n) is 1.02. The number of nitrogens with zero attached hydrogens (tertiary/aromatic N) is 4. The number of hydrogen-bond acceptors (Lipinski definition) is 5. The SMILES string of the molecule is Cc1nsc(-n2ccnc2C(N)=S)n1. The lowest BCUT2D eigenvalue weighted by molar-refractivity contribution is 0.993. The lowest BCUT2D eigenvalue weighted by Gasteiger charge is -1.99. The van der Waals surface area contributed by atoms with Crippen molar-refractivity contribution in [1.82, 2.24) is 18.9 Å². The van der Waals surface area contributed by atoms with E-state index in [9.17, 15) is 0 Å². The van der Waals surface area contributed by atoms with E-state index in [1.807, 2.05) is 6.92 Å². The molecule has 0 bridgehead atoms. The summed E-state index contributed by atoms with van der Waals surface area (Å²) in [6.45, 7) is 1.83. The Bertz CT molecular complexity index is 472. The summed E-state index contributed by atoms with van der Waals surface area (Å²) < 4.78 is 5.80. The Morgan fingerprint density at radius 1 is 1.64 bits per heavy atom. The number of nitrogens with two attached hydrogens (primary N) is 1. The molecule has 72 valence electrons. The number of thiocarbonyl (C=S) groups is 1. The van der Waals surface area contributed by atoms with Gasteiger partial charge in [-0.3, -0.25) is 4.57 Å². The van der Waals surface area contributed by atoms with Gasteiger partial charge < -0.3 is 5.73 Å². The monoisotopic (exact) mass is 225 g/mol. The summed E-state index contributed by atoms with van der Waals surface area (Å²) in [5.41, 5.74) is 5.51. The maximum absolute atomic E-state index is 5.51. The predicted octanol–water partition coefficient (Wildman–Crippen LogP) is 0.666. The zero-order valence-corrected chi connectivity index (χ0v) is 8.97. The third kappa shape index (κ3) is 1.51. The molecule has 2 aromatic rings. The largest absolute Gasteiger partial charge is 0.387 e. The minimum Gasteiger partial charge on any atom is -0.387 e. The molecule has 0 aliphatic heterocycles. The molecule has 0 aliphatic carbocycles. The topological polar surface area (TPSA) is 69.6 Å². The molecule has 0 radical (unpaired) electrons. The van der Waals surface area contributed by atoms with E-state index in [1.54, 1.807) is 17.0 Å². The molecule has 0 fully saturated rings. The summed E-state index contributed by atoms with van der Waals surface area (Å²) in [6.07, 6.45) is 3.39. The smallest absolute Gasteiger partial charge is 0.215 e. The quantitative estimate of drug-likeness (QED) is 0.761. The highest BCUT2D eigenvalue weighted by atomic mass is 32.1. The first-order valence-electron chi connectivity index (χ1n) is 3.82. The van der Waals surface area contributed by atoms with E-state index < -0.39 is 0 Å². The van der Waals surface area contributed by atoms with E-state index in [0.717, 1.165) is 11.0 Å². The fourth-order valence-corrected chi connectivity index (χ4v) is 1.84. The fraction of sp³-hybridized carbons (Fsp3) is 0.143. The lowest BCUT2D eigenvalue weighted by Crippen LogP contribution is -2.15. The molecule has 2 N–H and O–H groups in total. The molecule has 7 heteroatoms. The molecule has 2 rings (SSSR count). The molecule has 0 aliphatic rings. The first-order chi connectivity index (χ1) is 6.68. The van der Waals surface area contributed by atoms with Gasteiger partial charge in [0.15, 0.2) is 5.82 Å². The molecule has 0 spiro atoms. The van der Waals surface area contributed by atoms with E-state index in [-0.39, 0.29) is 4.99 Å².